The number of hydrogen-bond donors (Lipinski definition) is 2. The minimum absolute atomic E-state index is 0.0668. The molecule has 0 aromatic heterocycles. The number of rotatable bonds is 6. The van der Waals surface area contributed by atoms with E-state index < -0.39 is 15.9 Å². The van der Waals surface area contributed by atoms with Crippen LogP contribution < -0.4 is 15.0 Å². The summed E-state index contributed by atoms with van der Waals surface area (Å²) in [6.07, 6.45) is 0. The third-order valence-electron chi connectivity index (χ3n) is 4.11. The molecule has 0 spiro atoms. The van der Waals surface area contributed by atoms with Crippen LogP contribution in [0.15, 0.2) is 65.6 Å². The molecule has 0 atom stereocenters. The van der Waals surface area contributed by atoms with E-state index in [2.05, 4.69) is 10.3 Å². The highest BCUT2D eigenvalue weighted by Gasteiger charge is 2.16. The van der Waals surface area contributed by atoms with E-state index in [4.69, 9.17) is 4.74 Å². The van der Waals surface area contributed by atoms with Gasteiger partial charge >= 0.3 is 0 Å². The number of aryl methyl sites for hydroxylation is 2. The molecular formula is C20H20N2O4S. The summed E-state index contributed by atoms with van der Waals surface area (Å²) in [7, 11) is -3.88. The Kier molecular flexibility index (Phi) is 5.43. The van der Waals surface area contributed by atoms with E-state index in [1.807, 2.05) is 56.3 Å². The van der Waals surface area contributed by atoms with Crippen molar-refractivity contribution in [3.8, 4) is 5.75 Å². The SMILES string of the molecule is Cc1cccc(C)c1OCC(=O)NNS(=O)(=O)c1ccc2ccccc2c1. The van der Waals surface area contributed by atoms with Crippen LogP contribution in [-0.2, 0) is 14.8 Å². The quantitative estimate of drug-likeness (QED) is 0.640. The molecule has 1 amide bonds. The summed E-state index contributed by atoms with van der Waals surface area (Å²) < 4.78 is 30.3. The Labute approximate surface area is 158 Å². The zero-order chi connectivity index (χ0) is 19.4. The van der Waals surface area contributed by atoms with Gasteiger partial charge in [0.15, 0.2) is 6.61 Å². The van der Waals surface area contributed by atoms with Gasteiger partial charge in [0.25, 0.3) is 15.9 Å². The summed E-state index contributed by atoms with van der Waals surface area (Å²) in [6.45, 7) is 3.46. The molecule has 0 unspecified atom stereocenters. The molecule has 0 heterocycles. The number of amides is 1. The number of hydrazine groups is 1. The third kappa shape index (κ3) is 4.45. The molecule has 27 heavy (non-hydrogen) atoms. The first-order valence-electron chi connectivity index (χ1n) is 8.35. The van der Waals surface area contributed by atoms with Crippen LogP contribution in [-0.4, -0.2) is 20.9 Å². The second kappa shape index (κ2) is 7.77. The van der Waals surface area contributed by atoms with Gasteiger partial charge in [0.2, 0.25) is 0 Å². The maximum Gasteiger partial charge on any atom is 0.272 e. The van der Waals surface area contributed by atoms with Crippen molar-refractivity contribution in [3.63, 3.8) is 0 Å². The second-order valence-corrected chi connectivity index (χ2v) is 7.85. The van der Waals surface area contributed by atoms with E-state index in [-0.39, 0.29) is 11.5 Å². The summed E-state index contributed by atoms with van der Waals surface area (Å²) in [6, 6.07) is 17.8. The fourth-order valence-electron chi connectivity index (χ4n) is 2.72. The number of sulfonamides is 1. The summed E-state index contributed by atoms with van der Waals surface area (Å²) in [4.78, 5) is 14.1. The van der Waals surface area contributed by atoms with Crippen molar-refractivity contribution in [3.05, 3.63) is 71.8 Å². The standard InChI is InChI=1S/C20H20N2O4S/c1-14-6-5-7-15(2)20(14)26-13-19(23)21-22-27(24,25)18-11-10-16-8-3-4-9-17(16)12-18/h3-12,22H,13H2,1-2H3,(H,21,23). The molecule has 0 aliphatic carbocycles. The highest BCUT2D eigenvalue weighted by atomic mass is 32.2. The van der Waals surface area contributed by atoms with Crippen LogP contribution in [0.4, 0.5) is 0 Å². The number of benzene rings is 3. The molecule has 0 fully saturated rings. The fraction of sp³-hybridized carbons (Fsp3) is 0.150. The molecule has 3 rings (SSSR count). The van der Waals surface area contributed by atoms with E-state index in [9.17, 15) is 13.2 Å². The van der Waals surface area contributed by atoms with Crippen LogP contribution in [0.1, 0.15) is 11.1 Å². The van der Waals surface area contributed by atoms with Gasteiger partial charge in [-0.1, -0.05) is 48.5 Å². The molecule has 140 valence electrons. The summed E-state index contributed by atoms with van der Waals surface area (Å²) in [5, 5.41) is 1.73. The minimum atomic E-state index is -3.88. The van der Waals surface area contributed by atoms with Crippen molar-refractivity contribution in [2.45, 2.75) is 18.7 Å². The summed E-state index contributed by atoms with van der Waals surface area (Å²) >= 11 is 0. The number of carbonyl (C=O) groups excluding carboxylic acids is 1. The Morgan fingerprint density at radius 3 is 2.30 bits per heavy atom. The van der Waals surface area contributed by atoms with Gasteiger partial charge in [-0.25, -0.2) is 8.42 Å². The van der Waals surface area contributed by atoms with Gasteiger partial charge in [0.1, 0.15) is 5.75 Å². The lowest BCUT2D eigenvalue weighted by atomic mass is 10.1. The van der Waals surface area contributed by atoms with Gasteiger partial charge in [-0.3, -0.25) is 10.2 Å². The molecule has 3 aromatic rings. The van der Waals surface area contributed by atoms with Crippen LogP contribution in [0.25, 0.3) is 10.8 Å². The maximum atomic E-state index is 12.4. The van der Waals surface area contributed by atoms with E-state index in [0.717, 1.165) is 21.9 Å². The molecule has 0 saturated heterocycles. The van der Waals surface area contributed by atoms with Gasteiger partial charge in [0.05, 0.1) is 4.90 Å². The Bertz CT molecular complexity index is 1070. The smallest absolute Gasteiger partial charge is 0.272 e. The van der Waals surface area contributed by atoms with E-state index >= 15 is 0 Å². The Morgan fingerprint density at radius 1 is 0.926 bits per heavy atom. The van der Waals surface area contributed by atoms with Crippen molar-refractivity contribution in [2.75, 3.05) is 6.61 Å². The lowest BCUT2D eigenvalue weighted by Gasteiger charge is -2.12. The number of ether oxygens (including phenoxy) is 1. The van der Waals surface area contributed by atoms with Crippen molar-refractivity contribution >= 4 is 26.7 Å². The van der Waals surface area contributed by atoms with E-state index in [0.29, 0.717) is 5.75 Å². The monoisotopic (exact) mass is 384 g/mol. The molecule has 7 heteroatoms. The largest absolute Gasteiger partial charge is 0.483 e. The molecule has 6 nitrogen and oxygen atoms in total. The molecule has 0 radical (unpaired) electrons. The predicted molar refractivity (Wildman–Crippen MR) is 104 cm³/mol. The first-order chi connectivity index (χ1) is 12.9. The molecular weight excluding hydrogens is 364 g/mol. The van der Waals surface area contributed by atoms with Gasteiger partial charge in [-0.2, -0.15) is 0 Å². The predicted octanol–water partition coefficient (Wildman–Crippen LogP) is 2.85. The Hall–Kier alpha value is -2.90. The van der Waals surface area contributed by atoms with Crippen molar-refractivity contribution in [1.82, 2.24) is 10.3 Å². The van der Waals surface area contributed by atoms with Crippen LogP contribution in [0.5, 0.6) is 5.75 Å². The highest BCUT2D eigenvalue weighted by Crippen LogP contribution is 2.22. The van der Waals surface area contributed by atoms with Crippen molar-refractivity contribution in [1.29, 1.82) is 0 Å². The molecule has 0 saturated carbocycles. The van der Waals surface area contributed by atoms with Gasteiger partial charge in [-0.05, 0) is 47.9 Å². The van der Waals surface area contributed by atoms with Crippen molar-refractivity contribution in [2.24, 2.45) is 0 Å². The number of hydrogen-bond acceptors (Lipinski definition) is 4. The zero-order valence-electron chi connectivity index (χ0n) is 15.0. The second-order valence-electron chi connectivity index (χ2n) is 6.17. The normalized spacial score (nSPS) is 11.3. The molecule has 3 aromatic carbocycles. The number of nitrogens with one attached hydrogen (secondary N) is 2. The number of carbonyl (C=O) groups is 1. The molecule has 0 bridgehead atoms. The van der Waals surface area contributed by atoms with Crippen LogP contribution >= 0.6 is 0 Å². The lowest BCUT2D eigenvalue weighted by Crippen LogP contribution is -2.43. The first-order valence-corrected chi connectivity index (χ1v) is 9.83. The Balaban J connectivity index is 1.63. The van der Waals surface area contributed by atoms with Crippen LogP contribution in [0.2, 0.25) is 0 Å². The zero-order valence-corrected chi connectivity index (χ0v) is 15.8. The average Bonchev–Trinajstić information content (AvgIpc) is 2.65. The summed E-state index contributed by atoms with van der Waals surface area (Å²) in [5.41, 5.74) is 3.98. The van der Waals surface area contributed by atoms with E-state index in [1.165, 1.54) is 6.07 Å². The minimum Gasteiger partial charge on any atom is -0.483 e. The van der Waals surface area contributed by atoms with Gasteiger partial charge in [0, 0.05) is 0 Å². The van der Waals surface area contributed by atoms with Gasteiger partial charge in [-0.15, -0.1) is 4.83 Å². The third-order valence-corrected chi connectivity index (χ3v) is 5.36. The number of para-hydroxylation sites is 1. The fourth-order valence-corrected chi connectivity index (χ4v) is 3.61. The maximum absolute atomic E-state index is 12.4. The molecule has 2 N–H and O–H groups in total. The van der Waals surface area contributed by atoms with Crippen LogP contribution in [0.3, 0.4) is 0 Å². The van der Waals surface area contributed by atoms with E-state index in [1.54, 1.807) is 12.1 Å². The topological polar surface area (TPSA) is 84.5 Å². The lowest BCUT2D eigenvalue weighted by molar-refractivity contribution is -0.123. The highest BCUT2D eigenvalue weighted by molar-refractivity contribution is 7.89. The first kappa shape index (κ1) is 18.9. The molecule has 0 aliphatic rings. The van der Waals surface area contributed by atoms with Crippen LogP contribution in [0, 0.1) is 13.8 Å². The average molecular weight is 384 g/mol. The summed E-state index contributed by atoms with van der Waals surface area (Å²) in [5.74, 6) is 0.0204. The molecule has 0 aliphatic heterocycles. The Morgan fingerprint density at radius 2 is 1.59 bits per heavy atom. The van der Waals surface area contributed by atoms with Gasteiger partial charge < -0.3 is 4.74 Å². The van der Waals surface area contributed by atoms with Crippen molar-refractivity contribution < 1.29 is 17.9 Å². The number of fused-ring (bicyclic) bond motifs is 1.